The fourth-order valence-corrected chi connectivity index (χ4v) is 2.40. The van der Waals surface area contributed by atoms with E-state index in [4.69, 9.17) is 27.9 Å². The maximum atomic E-state index is 11.6. The van der Waals surface area contributed by atoms with Crippen LogP contribution in [0.25, 0.3) is 0 Å². The van der Waals surface area contributed by atoms with Crippen molar-refractivity contribution in [2.75, 3.05) is 5.32 Å². The first-order chi connectivity index (χ1) is 12.4. The zero-order valence-electron chi connectivity index (χ0n) is 13.4. The second kappa shape index (κ2) is 7.55. The second-order valence-corrected chi connectivity index (χ2v) is 6.12. The average Bonchev–Trinajstić information content (AvgIpc) is 2.60. The lowest BCUT2D eigenvalue weighted by molar-refractivity contribution is -0.385. The Hall–Kier alpha value is -2.90. The molecule has 7 nitrogen and oxygen atoms in total. The molecule has 0 amide bonds. The van der Waals surface area contributed by atoms with Crippen LogP contribution in [-0.4, -0.2) is 14.9 Å². The number of ether oxygens (including phenoxy) is 1. The van der Waals surface area contributed by atoms with Gasteiger partial charge in [-0.15, -0.1) is 0 Å². The number of nitrogens with one attached hydrogen (secondary N) is 1. The maximum absolute atomic E-state index is 11.6. The lowest BCUT2D eigenvalue weighted by Gasteiger charge is -2.10. The minimum absolute atomic E-state index is 0.00741. The minimum atomic E-state index is -0.601. The normalized spacial score (nSPS) is 10.4. The minimum Gasteiger partial charge on any atom is -0.434 e. The van der Waals surface area contributed by atoms with E-state index < -0.39 is 4.92 Å². The van der Waals surface area contributed by atoms with E-state index in [-0.39, 0.29) is 17.4 Å². The summed E-state index contributed by atoms with van der Waals surface area (Å²) in [4.78, 5) is 18.8. The Morgan fingerprint density at radius 3 is 2.50 bits per heavy atom. The van der Waals surface area contributed by atoms with E-state index in [1.807, 2.05) is 0 Å². The highest BCUT2D eigenvalue weighted by Gasteiger charge is 2.25. The van der Waals surface area contributed by atoms with E-state index in [1.54, 1.807) is 49.4 Å². The maximum Gasteiger partial charge on any atom is 0.373 e. The number of aryl methyl sites for hydroxylation is 1. The predicted molar refractivity (Wildman–Crippen MR) is 99.7 cm³/mol. The van der Waals surface area contributed by atoms with Crippen LogP contribution in [-0.2, 0) is 0 Å². The third-order valence-corrected chi connectivity index (χ3v) is 4.10. The number of hydrogen-bond acceptors (Lipinski definition) is 6. The Balaban J connectivity index is 1.96. The molecule has 0 aliphatic carbocycles. The summed E-state index contributed by atoms with van der Waals surface area (Å²) in [7, 11) is 0. The number of hydrogen-bond donors (Lipinski definition) is 1. The van der Waals surface area contributed by atoms with Crippen molar-refractivity contribution in [2.24, 2.45) is 0 Å². The van der Waals surface area contributed by atoms with E-state index in [0.29, 0.717) is 21.5 Å². The van der Waals surface area contributed by atoms with Crippen LogP contribution in [0.15, 0.2) is 48.8 Å². The van der Waals surface area contributed by atoms with Crippen molar-refractivity contribution in [1.82, 2.24) is 9.97 Å². The molecule has 0 atom stereocenters. The molecule has 0 fully saturated rings. The summed E-state index contributed by atoms with van der Waals surface area (Å²) < 4.78 is 5.59. The van der Waals surface area contributed by atoms with Crippen molar-refractivity contribution in [3.05, 3.63) is 74.5 Å². The molecule has 0 aliphatic rings. The molecule has 0 saturated heterocycles. The Kier molecular flexibility index (Phi) is 5.20. The van der Waals surface area contributed by atoms with Crippen LogP contribution in [0.1, 0.15) is 5.56 Å². The van der Waals surface area contributed by atoms with Crippen LogP contribution >= 0.6 is 23.2 Å². The van der Waals surface area contributed by atoms with Crippen molar-refractivity contribution in [3.63, 3.8) is 0 Å². The molecule has 9 heteroatoms. The standard InChI is InChI=1S/C17H12Cl2N4O3/c1-10-8-13(6-7-14(10)19)26-17-15(23(24)25)16(20-9-21-17)22-12-4-2-11(18)3-5-12/h2-9H,1H3,(H,20,21,22). The predicted octanol–water partition coefficient (Wildman–Crippen LogP) is 5.54. The van der Waals surface area contributed by atoms with Gasteiger partial charge in [-0.25, -0.2) is 4.98 Å². The number of halogens is 2. The first kappa shape index (κ1) is 17.9. The number of nitro groups is 1. The van der Waals surface area contributed by atoms with E-state index in [9.17, 15) is 10.1 Å². The fraction of sp³-hybridized carbons (Fsp3) is 0.0588. The Bertz CT molecular complexity index is 965. The van der Waals surface area contributed by atoms with Crippen molar-refractivity contribution < 1.29 is 9.66 Å². The van der Waals surface area contributed by atoms with Crippen molar-refractivity contribution in [3.8, 4) is 11.6 Å². The van der Waals surface area contributed by atoms with Gasteiger partial charge in [-0.2, -0.15) is 4.98 Å². The first-order valence-electron chi connectivity index (χ1n) is 7.40. The highest BCUT2D eigenvalue weighted by Crippen LogP contribution is 2.36. The SMILES string of the molecule is Cc1cc(Oc2ncnc(Nc3ccc(Cl)cc3)c2[N+](=O)[O-])ccc1Cl. The van der Waals surface area contributed by atoms with Gasteiger partial charge in [0.25, 0.3) is 0 Å². The zero-order chi connectivity index (χ0) is 18.7. The van der Waals surface area contributed by atoms with E-state index in [0.717, 1.165) is 5.56 Å². The third kappa shape index (κ3) is 4.01. The smallest absolute Gasteiger partial charge is 0.373 e. The largest absolute Gasteiger partial charge is 0.434 e. The number of nitrogens with zero attached hydrogens (tertiary/aromatic N) is 3. The summed E-state index contributed by atoms with van der Waals surface area (Å²) in [5.74, 6) is 0.210. The van der Waals surface area contributed by atoms with Gasteiger partial charge in [-0.05, 0) is 55.0 Å². The van der Waals surface area contributed by atoms with E-state index >= 15 is 0 Å². The first-order valence-corrected chi connectivity index (χ1v) is 8.15. The molecule has 0 bridgehead atoms. The van der Waals surface area contributed by atoms with Gasteiger partial charge in [0.1, 0.15) is 12.1 Å². The van der Waals surface area contributed by atoms with Crippen LogP contribution in [0.3, 0.4) is 0 Å². The van der Waals surface area contributed by atoms with Gasteiger partial charge in [0.15, 0.2) is 0 Å². The van der Waals surface area contributed by atoms with Crippen LogP contribution in [0, 0.1) is 17.0 Å². The fourth-order valence-electron chi connectivity index (χ4n) is 2.16. The Morgan fingerprint density at radius 2 is 1.85 bits per heavy atom. The van der Waals surface area contributed by atoms with Gasteiger partial charge in [-0.1, -0.05) is 23.2 Å². The van der Waals surface area contributed by atoms with E-state index in [1.165, 1.54) is 6.33 Å². The molecule has 0 spiro atoms. The van der Waals surface area contributed by atoms with Crippen LogP contribution < -0.4 is 10.1 Å². The molecule has 3 rings (SSSR count). The monoisotopic (exact) mass is 390 g/mol. The van der Waals surface area contributed by atoms with Crippen LogP contribution in [0.5, 0.6) is 11.6 Å². The molecule has 132 valence electrons. The Morgan fingerprint density at radius 1 is 1.12 bits per heavy atom. The molecule has 2 aromatic carbocycles. The number of aromatic nitrogens is 2. The molecule has 1 aromatic heterocycles. The molecule has 0 aliphatic heterocycles. The molecule has 0 radical (unpaired) electrons. The average molecular weight is 391 g/mol. The highest BCUT2D eigenvalue weighted by atomic mass is 35.5. The second-order valence-electron chi connectivity index (χ2n) is 5.28. The van der Waals surface area contributed by atoms with Gasteiger partial charge in [0.2, 0.25) is 5.82 Å². The molecule has 0 saturated carbocycles. The quantitative estimate of drug-likeness (QED) is 0.454. The number of rotatable bonds is 5. The lowest BCUT2D eigenvalue weighted by atomic mass is 10.2. The van der Waals surface area contributed by atoms with Crippen LogP contribution in [0.2, 0.25) is 10.0 Å². The van der Waals surface area contributed by atoms with Crippen LogP contribution in [0.4, 0.5) is 17.2 Å². The van der Waals surface area contributed by atoms with Crippen molar-refractivity contribution in [2.45, 2.75) is 6.92 Å². The molecule has 1 N–H and O–H groups in total. The molecular weight excluding hydrogens is 379 g/mol. The summed E-state index contributed by atoms with van der Waals surface area (Å²) in [6, 6.07) is 11.6. The summed E-state index contributed by atoms with van der Waals surface area (Å²) in [5, 5.41) is 15.6. The lowest BCUT2D eigenvalue weighted by Crippen LogP contribution is -2.03. The van der Waals surface area contributed by atoms with Crippen molar-refractivity contribution in [1.29, 1.82) is 0 Å². The molecule has 26 heavy (non-hydrogen) atoms. The third-order valence-electron chi connectivity index (χ3n) is 3.42. The van der Waals surface area contributed by atoms with Gasteiger partial charge in [0.05, 0.1) is 4.92 Å². The summed E-state index contributed by atoms with van der Waals surface area (Å²) in [6.45, 7) is 1.80. The summed E-state index contributed by atoms with van der Waals surface area (Å²) >= 11 is 11.8. The number of anilines is 2. The van der Waals surface area contributed by atoms with Crippen molar-refractivity contribution >= 4 is 40.4 Å². The van der Waals surface area contributed by atoms with Gasteiger partial charge in [0, 0.05) is 15.7 Å². The molecule has 1 heterocycles. The van der Waals surface area contributed by atoms with Gasteiger partial charge in [-0.3, -0.25) is 10.1 Å². The molecule has 3 aromatic rings. The molecular formula is C17H12Cl2N4O3. The number of benzene rings is 2. The molecule has 0 unspecified atom stereocenters. The Labute approximate surface area is 158 Å². The van der Waals surface area contributed by atoms with Gasteiger partial charge >= 0.3 is 11.6 Å². The summed E-state index contributed by atoms with van der Waals surface area (Å²) in [5.41, 5.74) is 0.986. The topological polar surface area (TPSA) is 90.2 Å². The van der Waals surface area contributed by atoms with Gasteiger partial charge < -0.3 is 10.1 Å². The zero-order valence-corrected chi connectivity index (χ0v) is 15.0. The highest BCUT2D eigenvalue weighted by molar-refractivity contribution is 6.31. The van der Waals surface area contributed by atoms with E-state index in [2.05, 4.69) is 15.3 Å². The summed E-state index contributed by atoms with van der Waals surface area (Å²) in [6.07, 6.45) is 1.18.